The van der Waals surface area contributed by atoms with E-state index in [1.807, 2.05) is 0 Å². The molecule has 7 N–H and O–H groups in total. The monoisotopic (exact) mass is 384 g/mol. The van der Waals surface area contributed by atoms with Crippen molar-refractivity contribution in [3.05, 3.63) is 0 Å². The van der Waals surface area contributed by atoms with Crippen molar-refractivity contribution in [2.45, 2.75) is 75.2 Å². The summed E-state index contributed by atoms with van der Waals surface area (Å²) in [6.45, 7) is 2.69. The Bertz CT molecular complexity index is 380. The molecule has 10 heteroatoms. The first kappa shape index (κ1) is 23.6. The summed E-state index contributed by atoms with van der Waals surface area (Å²) in [4.78, 5) is 0. The fourth-order valence-electron chi connectivity index (χ4n) is 2.74. The molecule has 0 aromatic carbocycles. The molecule has 0 amide bonds. The predicted octanol–water partition coefficient (Wildman–Crippen LogP) is -3.26. The van der Waals surface area contributed by atoms with Gasteiger partial charge in [0, 0.05) is 0 Å². The minimum absolute atomic E-state index is 0.0829. The van der Waals surface area contributed by atoms with Crippen LogP contribution in [0.4, 0.5) is 0 Å². The summed E-state index contributed by atoms with van der Waals surface area (Å²) in [6, 6.07) is 0. The number of aliphatic hydroxyl groups excluding tert-OH is 7. The first-order chi connectivity index (χ1) is 12.2. The molecule has 0 aromatic rings. The largest absolute Gasteiger partial charge is 0.394 e. The number of rotatable bonds is 11. The molecule has 0 aromatic heterocycles. The van der Waals surface area contributed by atoms with E-state index < -0.39 is 61.5 Å². The summed E-state index contributed by atoms with van der Waals surface area (Å²) < 4.78 is 16.1. The smallest absolute Gasteiger partial charge is 0.111 e. The molecule has 9 unspecified atom stereocenters. The van der Waals surface area contributed by atoms with Gasteiger partial charge in [0.1, 0.15) is 42.7 Å². The van der Waals surface area contributed by atoms with E-state index in [1.54, 1.807) is 6.92 Å². The highest BCUT2D eigenvalue weighted by atomic mass is 16.6. The summed E-state index contributed by atoms with van der Waals surface area (Å²) in [5.74, 6) is 0. The van der Waals surface area contributed by atoms with E-state index in [9.17, 15) is 30.6 Å². The van der Waals surface area contributed by atoms with Gasteiger partial charge in [0.15, 0.2) is 0 Å². The molecule has 9 atom stereocenters. The van der Waals surface area contributed by atoms with Crippen molar-refractivity contribution in [2.75, 3.05) is 26.4 Å². The van der Waals surface area contributed by atoms with Gasteiger partial charge in [0.25, 0.3) is 0 Å². The Kier molecular flexibility index (Phi) is 10.4. The van der Waals surface area contributed by atoms with Gasteiger partial charge in [0.2, 0.25) is 0 Å². The fraction of sp³-hybridized carbons (Fsp3) is 1.00. The number of ether oxygens (including phenoxy) is 3. The highest BCUT2D eigenvalue weighted by Gasteiger charge is 2.43. The standard InChI is InChI=1S/C16H32O10/c1-3-9(13(20)12(19)8(2)18)25-5-4-24-7-11-15(22)16(23)14(21)10(6-17)26-11/h8-23H,3-7H2,1-2H3. The molecule has 0 bridgehead atoms. The predicted molar refractivity (Wildman–Crippen MR) is 88.3 cm³/mol. The molecule has 10 nitrogen and oxygen atoms in total. The first-order valence-electron chi connectivity index (χ1n) is 8.78. The quantitative estimate of drug-likeness (QED) is 0.180. The SMILES string of the molecule is CCC(OCCOCC1OC(CO)C(O)C(O)C1O)C(O)C(O)C(C)O. The van der Waals surface area contributed by atoms with E-state index in [0.717, 1.165) is 0 Å². The maximum Gasteiger partial charge on any atom is 0.111 e. The van der Waals surface area contributed by atoms with Crippen molar-refractivity contribution in [3.63, 3.8) is 0 Å². The van der Waals surface area contributed by atoms with Gasteiger partial charge in [0.05, 0.1) is 38.6 Å². The van der Waals surface area contributed by atoms with Crippen LogP contribution in [0.25, 0.3) is 0 Å². The minimum atomic E-state index is -1.45. The van der Waals surface area contributed by atoms with Crippen molar-refractivity contribution < 1.29 is 50.0 Å². The maximum atomic E-state index is 9.95. The van der Waals surface area contributed by atoms with Gasteiger partial charge in [-0.15, -0.1) is 0 Å². The van der Waals surface area contributed by atoms with Crippen molar-refractivity contribution in [2.24, 2.45) is 0 Å². The average molecular weight is 384 g/mol. The minimum Gasteiger partial charge on any atom is -0.394 e. The van der Waals surface area contributed by atoms with Crippen LogP contribution in [0.2, 0.25) is 0 Å². The molecular formula is C16H32O10. The van der Waals surface area contributed by atoms with Crippen molar-refractivity contribution in [3.8, 4) is 0 Å². The third-order valence-corrected chi connectivity index (χ3v) is 4.46. The summed E-state index contributed by atoms with van der Waals surface area (Å²) in [5.41, 5.74) is 0. The second kappa shape index (κ2) is 11.4. The van der Waals surface area contributed by atoms with Gasteiger partial charge in [-0.1, -0.05) is 6.92 Å². The zero-order valence-electron chi connectivity index (χ0n) is 15.1. The molecule has 0 radical (unpaired) electrons. The van der Waals surface area contributed by atoms with E-state index >= 15 is 0 Å². The molecule has 0 aliphatic carbocycles. The van der Waals surface area contributed by atoms with E-state index in [1.165, 1.54) is 6.92 Å². The lowest BCUT2D eigenvalue weighted by Crippen LogP contribution is -2.59. The molecule has 0 saturated carbocycles. The van der Waals surface area contributed by atoms with Crippen LogP contribution in [-0.4, -0.2) is 117 Å². The van der Waals surface area contributed by atoms with E-state index in [-0.39, 0.29) is 19.8 Å². The van der Waals surface area contributed by atoms with Gasteiger partial charge >= 0.3 is 0 Å². The van der Waals surface area contributed by atoms with Crippen LogP contribution < -0.4 is 0 Å². The Labute approximate surface area is 152 Å². The highest BCUT2D eigenvalue weighted by molar-refractivity contribution is 4.91. The fourth-order valence-corrected chi connectivity index (χ4v) is 2.74. The van der Waals surface area contributed by atoms with E-state index in [2.05, 4.69) is 0 Å². The zero-order valence-corrected chi connectivity index (χ0v) is 15.1. The number of hydrogen-bond acceptors (Lipinski definition) is 10. The molecule has 26 heavy (non-hydrogen) atoms. The Hall–Kier alpha value is -0.400. The zero-order chi connectivity index (χ0) is 19.9. The van der Waals surface area contributed by atoms with E-state index in [4.69, 9.17) is 19.3 Å². The summed E-state index contributed by atoms with van der Waals surface area (Å²) in [5, 5.41) is 67.3. The maximum absolute atomic E-state index is 9.95. The number of hydrogen-bond donors (Lipinski definition) is 7. The molecule has 156 valence electrons. The number of aliphatic hydroxyl groups is 7. The van der Waals surface area contributed by atoms with Crippen molar-refractivity contribution >= 4 is 0 Å². The molecule has 1 fully saturated rings. The van der Waals surface area contributed by atoms with Gasteiger partial charge in [-0.2, -0.15) is 0 Å². The third kappa shape index (κ3) is 6.34. The van der Waals surface area contributed by atoms with Gasteiger partial charge in [-0.25, -0.2) is 0 Å². The Balaban J connectivity index is 2.35. The second-order valence-corrected chi connectivity index (χ2v) is 6.48. The van der Waals surface area contributed by atoms with Crippen LogP contribution in [0.3, 0.4) is 0 Å². The lowest BCUT2D eigenvalue weighted by Gasteiger charge is -2.39. The molecule has 1 aliphatic rings. The first-order valence-corrected chi connectivity index (χ1v) is 8.78. The van der Waals surface area contributed by atoms with Crippen LogP contribution in [-0.2, 0) is 14.2 Å². The summed E-state index contributed by atoms with van der Waals surface area (Å²) in [6.07, 6.45) is -10.1. The molecule has 1 saturated heterocycles. The molecule has 1 rings (SSSR count). The van der Waals surface area contributed by atoms with E-state index in [0.29, 0.717) is 6.42 Å². The Morgan fingerprint density at radius 1 is 0.923 bits per heavy atom. The summed E-state index contributed by atoms with van der Waals surface area (Å²) >= 11 is 0. The molecular weight excluding hydrogens is 352 g/mol. The van der Waals surface area contributed by atoms with Crippen LogP contribution in [0.1, 0.15) is 20.3 Å². The van der Waals surface area contributed by atoms with Gasteiger partial charge in [-0.3, -0.25) is 0 Å². The summed E-state index contributed by atoms with van der Waals surface area (Å²) in [7, 11) is 0. The Morgan fingerprint density at radius 2 is 1.54 bits per heavy atom. The third-order valence-electron chi connectivity index (χ3n) is 4.46. The lowest BCUT2D eigenvalue weighted by molar-refractivity contribution is -0.239. The average Bonchev–Trinajstić information content (AvgIpc) is 2.63. The van der Waals surface area contributed by atoms with Crippen LogP contribution in [0.15, 0.2) is 0 Å². The highest BCUT2D eigenvalue weighted by Crippen LogP contribution is 2.21. The second-order valence-electron chi connectivity index (χ2n) is 6.48. The van der Waals surface area contributed by atoms with Gasteiger partial charge in [-0.05, 0) is 13.3 Å². The lowest BCUT2D eigenvalue weighted by atomic mass is 9.95. The molecule has 1 heterocycles. The Morgan fingerprint density at radius 3 is 2.08 bits per heavy atom. The van der Waals surface area contributed by atoms with Crippen LogP contribution >= 0.6 is 0 Å². The van der Waals surface area contributed by atoms with Crippen LogP contribution in [0, 0.1) is 0 Å². The normalized spacial score (nSPS) is 34.3. The van der Waals surface area contributed by atoms with Crippen molar-refractivity contribution in [1.82, 2.24) is 0 Å². The van der Waals surface area contributed by atoms with Gasteiger partial charge < -0.3 is 50.0 Å². The molecule has 1 aliphatic heterocycles. The van der Waals surface area contributed by atoms with Crippen LogP contribution in [0.5, 0.6) is 0 Å². The molecule has 0 spiro atoms. The topological polar surface area (TPSA) is 169 Å². The van der Waals surface area contributed by atoms with Crippen molar-refractivity contribution in [1.29, 1.82) is 0 Å².